The number of likely N-dealkylation sites (N-methyl/N-ethyl adjacent to an activating group) is 1. The first-order chi connectivity index (χ1) is 8.81. The van der Waals surface area contributed by atoms with Crippen LogP contribution in [0.3, 0.4) is 0 Å². The van der Waals surface area contributed by atoms with Crippen molar-refractivity contribution in [2.24, 2.45) is 5.92 Å². The zero-order chi connectivity index (χ0) is 13.2. The molecule has 1 N–H and O–H groups in total. The molecule has 2 atom stereocenters. The van der Waals surface area contributed by atoms with Crippen LogP contribution in [-0.2, 0) is 6.42 Å². The Kier molecular flexibility index (Phi) is 7.66. The minimum atomic E-state index is 0.593. The van der Waals surface area contributed by atoms with Gasteiger partial charge < -0.3 is 5.32 Å². The molecule has 1 aromatic rings. The Bertz CT molecular complexity index is 297. The quantitative estimate of drug-likeness (QED) is 0.718. The van der Waals surface area contributed by atoms with E-state index in [0.717, 1.165) is 18.9 Å². The minimum Gasteiger partial charge on any atom is -0.314 e. The topological polar surface area (TPSA) is 24.9 Å². The monoisotopic (exact) mass is 248 g/mol. The van der Waals surface area contributed by atoms with E-state index in [1.807, 2.05) is 18.5 Å². The van der Waals surface area contributed by atoms with Crippen LogP contribution in [0.15, 0.2) is 24.5 Å². The predicted molar refractivity (Wildman–Crippen MR) is 78.7 cm³/mol. The lowest BCUT2D eigenvalue weighted by Gasteiger charge is -2.27. The third kappa shape index (κ3) is 5.18. The number of unbranched alkanes of at least 4 members (excludes halogenated alkanes) is 1. The summed E-state index contributed by atoms with van der Waals surface area (Å²) in [5.74, 6) is 0.783. The summed E-state index contributed by atoms with van der Waals surface area (Å²) in [5, 5.41) is 3.66. The van der Waals surface area contributed by atoms with E-state index in [9.17, 15) is 0 Å². The highest BCUT2D eigenvalue weighted by Gasteiger charge is 2.18. The van der Waals surface area contributed by atoms with Crippen molar-refractivity contribution in [3.8, 4) is 0 Å². The molecule has 2 nitrogen and oxygen atoms in total. The molecule has 0 aromatic carbocycles. The molecule has 0 fully saturated rings. The molecule has 2 unspecified atom stereocenters. The number of nitrogens with one attached hydrogen (secondary N) is 1. The molecule has 18 heavy (non-hydrogen) atoms. The van der Waals surface area contributed by atoms with Crippen LogP contribution >= 0.6 is 0 Å². The van der Waals surface area contributed by atoms with Gasteiger partial charge in [-0.25, -0.2) is 0 Å². The van der Waals surface area contributed by atoms with E-state index in [1.54, 1.807) is 0 Å². The third-order valence-corrected chi connectivity index (χ3v) is 3.67. The number of pyridine rings is 1. The third-order valence-electron chi connectivity index (χ3n) is 3.67. The van der Waals surface area contributed by atoms with E-state index < -0.39 is 0 Å². The van der Waals surface area contributed by atoms with Gasteiger partial charge in [-0.2, -0.15) is 0 Å². The highest BCUT2D eigenvalue weighted by atomic mass is 14.9. The second-order valence-corrected chi connectivity index (χ2v) is 5.04. The van der Waals surface area contributed by atoms with E-state index in [2.05, 4.69) is 37.1 Å². The van der Waals surface area contributed by atoms with Crippen LogP contribution in [0.5, 0.6) is 0 Å². The molecule has 1 rings (SSSR count). The van der Waals surface area contributed by atoms with Crippen LogP contribution in [0.4, 0.5) is 0 Å². The predicted octanol–water partition coefficient (Wildman–Crippen LogP) is 3.82. The minimum absolute atomic E-state index is 0.593. The van der Waals surface area contributed by atoms with Crippen molar-refractivity contribution in [2.45, 2.75) is 58.9 Å². The van der Waals surface area contributed by atoms with Crippen LogP contribution in [0.2, 0.25) is 0 Å². The number of rotatable bonds is 9. The molecular weight excluding hydrogens is 220 g/mol. The Morgan fingerprint density at radius 3 is 2.67 bits per heavy atom. The fourth-order valence-electron chi connectivity index (χ4n) is 2.60. The van der Waals surface area contributed by atoms with E-state index in [-0.39, 0.29) is 0 Å². The van der Waals surface area contributed by atoms with Gasteiger partial charge in [0.05, 0.1) is 0 Å². The molecule has 2 heteroatoms. The number of hydrogen-bond acceptors (Lipinski definition) is 2. The normalized spacial score (nSPS) is 14.4. The molecule has 0 radical (unpaired) electrons. The first-order valence-corrected chi connectivity index (χ1v) is 7.44. The van der Waals surface area contributed by atoms with Crippen molar-refractivity contribution in [1.29, 1.82) is 0 Å². The summed E-state index contributed by atoms with van der Waals surface area (Å²) < 4.78 is 0. The van der Waals surface area contributed by atoms with Gasteiger partial charge >= 0.3 is 0 Å². The molecule has 0 bridgehead atoms. The van der Waals surface area contributed by atoms with E-state index in [4.69, 9.17) is 0 Å². The van der Waals surface area contributed by atoms with Crippen molar-refractivity contribution in [2.75, 3.05) is 6.54 Å². The second kappa shape index (κ2) is 9.09. The van der Waals surface area contributed by atoms with Gasteiger partial charge in [0, 0.05) is 18.4 Å². The number of nitrogens with zero attached hydrogens (tertiary/aromatic N) is 1. The Balaban J connectivity index is 2.61. The van der Waals surface area contributed by atoms with Gasteiger partial charge in [-0.1, -0.05) is 46.1 Å². The highest BCUT2D eigenvalue weighted by Crippen LogP contribution is 2.20. The molecule has 0 amide bonds. The standard InChI is InChI=1S/C16H28N2/c1-4-7-10-15(5-2)16(18-6-3)12-14-9-8-11-17-13-14/h8-9,11,13,15-16,18H,4-7,10,12H2,1-3H3. The van der Waals surface area contributed by atoms with Crippen molar-refractivity contribution in [1.82, 2.24) is 10.3 Å². The molecule has 0 aliphatic heterocycles. The fraction of sp³-hybridized carbons (Fsp3) is 0.688. The van der Waals surface area contributed by atoms with Crippen LogP contribution in [-0.4, -0.2) is 17.6 Å². The Morgan fingerprint density at radius 2 is 2.11 bits per heavy atom. The summed E-state index contributed by atoms with van der Waals surface area (Å²) in [6.45, 7) is 7.83. The van der Waals surface area contributed by atoms with Gasteiger partial charge in [-0.05, 0) is 36.9 Å². The molecule has 0 aliphatic carbocycles. The average Bonchev–Trinajstić information content (AvgIpc) is 2.41. The molecule has 0 spiro atoms. The van der Waals surface area contributed by atoms with E-state index in [1.165, 1.54) is 31.2 Å². The summed E-state index contributed by atoms with van der Waals surface area (Å²) in [5.41, 5.74) is 1.35. The van der Waals surface area contributed by atoms with Crippen LogP contribution < -0.4 is 5.32 Å². The van der Waals surface area contributed by atoms with Crippen molar-refractivity contribution >= 4 is 0 Å². The lowest BCUT2D eigenvalue weighted by molar-refractivity contribution is 0.319. The van der Waals surface area contributed by atoms with Crippen molar-refractivity contribution < 1.29 is 0 Å². The number of aromatic nitrogens is 1. The van der Waals surface area contributed by atoms with Gasteiger partial charge in [0.15, 0.2) is 0 Å². The Morgan fingerprint density at radius 1 is 1.28 bits per heavy atom. The van der Waals surface area contributed by atoms with Crippen LogP contribution in [0.1, 0.15) is 52.0 Å². The first kappa shape index (κ1) is 15.2. The smallest absolute Gasteiger partial charge is 0.0300 e. The maximum atomic E-state index is 4.22. The summed E-state index contributed by atoms with van der Waals surface area (Å²) in [6, 6.07) is 4.81. The lowest BCUT2D eigenvalue weighted by Crippen LogP contribution is -2.37. The van der Waals surface area contributed by atoms with E-state index >= 15 is 0 Å². The summed E-state index contributed by atoms with van der Waals surface area (Å²) in [7, 11) is 0. The summed E-state index contributed by atoms with van der Waals surface area (Å²) in [6.07, 6.45) is 10.2. The van der Waals surface area contributed by atoms with Crippen LogP contribution in [0, 0.1) is 5.92 Å². The van der Waals surface area contributed by atoms with E-state index in [0.29, 0.717) is 6.04 Å². The van der Waals surface area contributed by atoms with Crippen molar-refractivity contribution in [3.63, 3.8) is 0 Å². The lowest BCUT2D eigenvalue weighted by atomic mass is 9.87. The van der Waals surface area contributed by atoms with Gasteiger partial charge in [-0.3, -0.25) is 4.98 Å². The highest BCUT2D eigenvalue weighted by molar-refractivity contribution is 5.10. The molecule has 102 valence electrons. The number of hydrogen-bond donors (Lipinski definition) is 1. The molecule has 0 saturated carbocycles. The zero-order valence-corrected chi connectivity index (χ0v) is 12.2. The molecule has 1 aromatic heterocycles. The molecule has 0 aliphatic rings. The van der Waals surface area contributed by atoms with Gasteiger partial charge in [0.2, 0.25) is 0 Å². The Labute approximate surface area is 112 Å². The van der Waals surface area contributed by atoms with Gasteiger partial charge in [-0.15, -0.1) is 0 Å². The summed E-state index contributed by atoms with van der Waals surface area (Å²) >= 11 is 0. The van der Waals surface area contributed by atoms with Crippen LogP contribution in [0.25, 0.3) is 0 Å². The maximum Gasteiger partial charge on any atom is 0.0300 e. The molecule has 0 saturated heterocycles. The maximum absolute atomic E-state index is 4.22. The zero-order valence-electron chi connectivity index (χ0n) is 12.2. The van der Waals surface area contributed by atoms with Gasteiger partial charge in [0.25, 0.3) is 0 Å². The molecular formula is C16H28N2. The fourth-order valence-corrected chi connectivity index (χ4v) is 2.60. The Hall–Kier alpha value is -0.890. The SMILES string of the molecule is CCCCC(CC)C(Cc1cccnc1)NCC. The largest absolute Gasteiger partial charge is 0.314 e. The summed E-state index contributed by atoms with van der Waals surface area (Å²) in [4.78, 5) is 4.22. The van der Waals surface area contributed by atoms with Gasteiger partial charge in [0.1, 0.15) is 0 Å². The second-order valence-electron chi connectivity index (χ2n) is 5.04. The first-order valence-electron chi connectivity index (χ1n) is 7.44. The molecule has 1 heterocycles. The average molecular weight is 248 g/mol. The van der Waals surface area contributed by atoms with Crippen molar-refractivity contribution in [3.05, 3.63) is 30.1 Å².